The largest absolute Gasteiger partial charge is 0.514 e. The highest BCUT2D eigenvalue weighted by Crippen LogP contribution is 2.23. The van der Waals surface area contributed by atoms with Gasteiger partial charge in [0.25, 0.3) is 0 Å². The maximum absolute atomic E-state index is 11.8. The zero-order valence-corrected chi connectivity index (χ0v) is 17.4. The Bertz CT molecular complexity index is 1060. The summed E-state index contributed by atoms with van der Waals surface area (Å²) >= 11 is 0. The number of nitrogens with zero attached hydrogens (tertiary/aromatic N) is 3. The predicted octanol–water partition coefficient (Wildman–Crippen LogP) is 4.95. The number of ether oxygens (including phenoxy) is 3. The lowest BCUT2D eigenvalue weighted by atomic mass is 10.2. The number of nitriles is 1. The average Bonchev–Trinajstić information content (AvgIpc) is 3.02. The molecule has 0 aliphatic rings. The van der Waals surface area contributed by atoms with Crippen molar-refractivity contribution in [2.24, 2.45) is 0 Å². The van der Waals surface area contributed by atoms with Gasteiger partial charge in [0, 0.05) is 0 Å². The second kappa shape index (κ2) is 8.70. The lowest BCUT2D eigenvalue weighted by Crippen LogP contribution is -2.25. The van der Waals surface area contributed by atoms with Crippen molar-refractivity contribution in [3.8, 4) is 23.3 Å². The Balaban J connectivity index is 1.72. The molecule has 0 aliphatic heterocycles. The van der Waals surface area contributed by atoms with Crippen LogP contribution in [-0.2, 0) is 11.3 Å². The number of carbonyl (C=O) groups is 1. The molecular formula is C23H23N3O4. The molecule has 7 heteroatoms. The molecule has 0 saturated carbocycles. The number of rotatable bonds is 5. The number of para-hydroxylation sites is 1. The quantitative estimate of drug-likeness (QED) is 0.441. The first-order valence-electron chi connectivity index (χ1n) is 9.44. The Morgan fingerprint density at radius 3 is 2.30 bits per heavy atom. The molecule has 1 aromatic heterocycles. The summed E-state index contributed by atoms with van der Waals surface area (Å²) in [5.74, 6) is 0.911. The summed E-state index contributed by atoms with van der Waals surface area (Å²) in [6, 6.07) is 18.4. The Morgan fingerprint density at radius 1 is 1.07 bits per heavy atom. The molecule has 0 bridgehead atoms. The van der Waals surface area contributed by atoms with Crippen LogP contribution in [0.3, 0.4) is 0 Å². The van der Waals surface area contributed by atoms with Crippen molar-refractivity contribution in [2.75, 3.05) is 0 Å². The average molecular weight is 405 g/mol. The molecule has 0 spiro atoms. The molecule has 7 nitrogen and oxygen atoms in total. The van der Waals surface area contributed by atoms with E-state index in [2.05, 4.69) is 11.2 Å². The third kappa shape index (κ3) is 5.17. The molecule has 3 rings (SSSR count). The Morgan fingerprint density at radius 2 is 1.70 bits per heavy atom. The second-order valence-electron chi connectivity index (χ2n) is 7.59. The summed E-state index contributed by atoms with van der Waals surface area (Å²) in [5, 5.41) is 14.0. The normalized spacial score (nSPS) is 10.9. The number of carbonyl (C=O) groups excluding carboxylic acids is 1. The topological polar surface area (TPSA) is 86.4 Å². The van der Waals surface area contributed by atoms with Crippen molar-refractivity contribution >= 4 is 6.16 Å². The molecule has 0 aliphatic carbocycles. The molecule has 0 saturated heterocycles. The summed E-state index contributed by atoms with van der Waals surface area (Å²) in [4.78, 5) is 11.8. The summed E-state index contributed by atoms with van der Waals surface area (Å²) in [5.41, 5.74) is 2.01. The van der Waals surface area contributed by atoms with Crippen molar-refractivity contribution in [1.29, 1.82) is 5.26 Å². The first kappa shape index (κ1) is 20.9. The van der Waals surface area contributed by atoms with Crippen LogP contribution >= 0.6 is 0 Å². The fourth-order valence-corrected chi connectivity index (χ4v) is 2.76. The number of aryl methyl sites for hydroxylation is 1. The van der Waals surface area contributed by atoms with Crippen LogP contribution in [0.2, 0.25) is 0 Å². The van der Waals surface area contributed by atoms with E-state index in [0.29, 0.717) is 28.5 Å². The fourth-order valence-electron chi connectivity index (χ4n) is 2.76. The molecule has 2 aromatic carbocycles. The third-order valence-electron chi connectivity index (χ3n) is 4.06. The molecule has 0 N–H and O–H groups in total. The summed E-state index contributed by atoms with van der Waals surface area (Å²) in [7, 11) is 0. The molecule has 0 fully saturated rings. The smallest absolute Gasteiger partial charge is 0.487 e. The van der Waals surface area contributed by atoms with Crippen LogP contribution < -0.4 is 9.47 Å². The highest BCUT2D eigenvalue weighted by atomic mass is 16.7. The second-order valence-corrected chi connectivity index (χ2v) is 7.59. The minimum absolute atomic E-state index is 0.158. The highest BCUT2D eigenvalue weighted by molar-refractivity contribution is 5.64. The van der Waals surface area contributed by atoms with Crippen LogP contribution in [0, 0.1) is 18.3 Å². The summed E-state index contributed by atoms with van der Waals surface area (Å²) < 4.78 is 17.9. The van der Waals surface area contributed by atoms with Gasteiger partial charge in [0.2, 0.25) is 0 Å². The molecule has 0 radical (unpaired) electrons. The Hall–Kier alpha value is -3.79. The van der Waals surface area contributed by atoms with Crippen molar-refractivity contribution < 1.29 is 19.0 Å². The van der Waals surface area contributed by atoms with Gasteiger partial charge in [0.15, 0.2) is 0 Å². The molecule has 0 unspecified atom stereocenters. The fraction of sp³-hybridized carbons (Fsp3) is 0.261. The lowest BCUT2D eigenvalue weighted by Gasteiger charge is -2.18. The van der Waals surface area contributed by atoms with Crippen molar-refractivity contribution in [3.63, 3.8) is 0 Å². The Labute approximate surface area is 175 Å². The van der Waals surface area contributed by atoms with Crippen LogP contribution in [0.1, 0.15) is 37.7 Å². The van der Waals surface area contributed by atoms with Crippen LogP contribution in [0.15, 0.2) is 54.6 Å². The van der Waals surface area contributed by atoms with Crippen LogP contribution in [0.4, 0.5) is 4.79 Å². The predicted molar refractivity (Wildman–Crippen MR) is 111 cm³/mol. The van der Waals surface area contributed by atoms with E-state index in [0.717, 1.165) is 5.69 Å². The van der Waals surface area contributed by atoms with Crippen LogP contribution in [0.5, 0.6) is 11.5 Å². The lowest BCUT2D eigenvalue weighted by molar-refractivity contribution is 0.0206. The van der Waals surface area contributed by atoms with E-state index in [1.165, 1.54) is 0 Å². The minimum Gasteiger partial charge on any atom is -0.487 e. The first-order valence-corrected chi connectivity index (χ1v) is 9.44. The van der Waals surface area contributed by atoms with Crippen molar-refractivity contribution in [3.05, 3.63) is 71.5 Å². The van der Waals surface area contributed by atoms with E-state index < -0.39 is 11.8 Å². The minimum atomic E-state index is -0.767. The van der Waals surface area contributed by atoms with Gasteiger partial charge in [0.05, 0.1) is 17.1 Å². The van der Waals surface area contributed by atoms with Gasteiger partial charge in [-0.15, -0.1) is 0 Å². The highest BCUT2D eigenvalue weighted by Gasteiger charge is 2.19. The molecule has 30 heavy (non-hydrogen) atoms. The maximum Gasteiger partial charge on any atom is 0.514 e. The zero-order valence-electron chi connectivity index (χ0n) is 17.4. The van der Waals surface area contributed by atoms with E-state index in [-0.39, 0.29) is 6.61 Å². The number of benzene rings is 2. The van der Waals surface area contributed by atoms with Gasteiger partial charge in [-0.1, -0.05) is 18.2 Å². The maximum atomic E-state index is 11.8. The zero-order chi connectivity index (χ0) is 21.7. The number of hydrogen-bond acceptors (Lipinski definition) is 6. The monoisotopic (exact) mass is 405 g/mol. The molecular weight excluding hydrogens is 382 g/mol. The van der Waals surface area contributed by atoms with E-state index in [9.17, 15) is 10.1 Å². The summed E-state index contributed by atoms with van der Waals surface area (Å²) in [6.45, 7) is 7.25. The van der Waals surface area contributed by atoms with Gasteiger partial charge >= 0.3 is 6.16 Å². The number of aromatic nitrogens is 2. The van der Waals surface area contributed by atoms with E-state index in [1.807, 2.05) is 30.3 Å². The van der Waals surface area contributed by atoms with Gasteiger partial charge in [-0.3, -0.25) is 0 Å². The standard InChI is InChI=1S/C23H23N3O4/c1-16-20(14-24)21(26(25-16)17-8-6-5-7-9-17)15-28-18-10-12-19(13-11-18)29-22(27)30-23(2,3)4/h5-13H,15H2,1-4H3. The van der Waals surface area contributed by atoms with Gasteiger partial charge in [-0.25, -0.2) is 9.48 Å². The van der Waals surface area contributed by atoms with Crippen molar-refractivity contribution in [2.45, 2.75) is 39.9 Å². The molecule has 1 heterocycles. The van der Waals surface area contributed by atoms with E-state index in [4.69, 9.17) is 14.2 Å². The van der Waals surface area contributed by atoms with Crippen LogP contribution in [0.25, 0.3) is 5.69 Å². The van der Waals surface area contributed by atoms with Gasteiger partial charge in [-0.2, -0.15) is 10.4 Å². The van der Waals surface area contributed by atoms with Gasteiger partial charge < -0.3 is 14.2 Å². The Kier molecular flexibility index (Phi) is 6.07. The van der Waals surface area contributed by atoms with E-state index >= 15 is 0 Å². The molecule has 0 atom stereocenters. The first-order chi connectivity index (χ1) is 14.3. The van der Waals surface area contributed by atoms with Gasteiger partial charge in [-0.05, 0) is 64.1 Å². The summed E-state index contributed by atoms with van der Waals surface area (Å²) in [6.07, 6.45) is -0.767. The van der Waals surface area contributed by atoms with Gasteiger partial charge in [0.1, 0.15) is 35.3 Å². The molecule has 154 valence electrons. The molecule has 0 amide bonds. The SMILES string of the molecule is Cc1nn(-c2ccccc2)c(COc2ccc(OC(=O)OC(C)(C)C)cc2)c1C#N. The van der Waals surface area contributed by atoms with E-state index in [1.54, 1.807) is 56.6 Å². The third-order valence-corrected chi connectivity index (χ3v) is 4.06. The van der Waals surface area contributed by atoms with Crippen LogP contribution in [-0.4, -0.2) is 21.5 Å². The molecule has 3 aromatic rings. The van der Waals surface area contributed by atoms with Crippen molar-refractivity contribution in [1.82, 2.24) is 9.78 Å². The number of hydrogen-bond donors (Lipinski definition) is 0.